The summed E-state index contributed by atoms with van der Waals surface area (Å²) in [5.41, 5.74) is 0. The Morgan fingerprint density at radius 2 is 1.95 bits per heavy atom. The molecule has 1 unspecified atom stereocenters. The first-order valence-electron chi connectivity index (χ1n) is 7.63. The molecule has 2 aliphatic rings. The molecule has 112 valence electrons. The van der Waals surface area contributed by atoms with E-state index in [1.165, 1.54) is 0 Å². The fourth-order valence-electron chi connectivity index (χ4n) is 2.74. The van der Waals surface area contributed by atoms with Crippen LogP contribution in [0.3, 0.4) is 0 Å². The summed E-state index contributed by atoms with van der Waals surface area (Å²) >= 11 is 0. The predicted molar refractivity (Wildman–Crippen MR) is 77.2 cm³/mol. The maximum atomic E-state index is 12.4. The molecule has 19 heavy (non-hydrogen) atoms. The highest BCUT2D eigenvalue weighted by Crippen LogP contribution is 2.23. The zero-order chi connectivity index (χ0) is 13.7. The van der Waals surface area contributed by atoms with Gasteiger partial charge in [-0.1, -0.05) is 19.8 Å². The molecule has 2 N–H and O–H groups in total. The monoisotopic (exact) mass is 289 g/mol. The van der Waals surface area contributed by atoms with Crippen molar-refractivity contribution in [2.45, 2.75) is 64.0 Å². The smallest absolute Gasteiger partial charge is 0.279 e. The summed E-state index contributed by atoms with van der Waals surface area (Å²) in [4.78, 5) is 0. The van der Waals surface area contributed by atoms with Crippen molar-refractivity contribution in [2.75, 3.05) is 19.6 Å². The van der Waals surface area contributed by atoms with E-state index in [4.69, 9.17) is 0 Å². The van der Waals surface area contributed by atoms with Crippen LogP contribution in [-0.4, -0.2) is 44.4 Å². The number of hydrogen-bond acceptors (Lipinski definition) is 3. The van der Waals surface area contributed by atoms with E-state index in [9.17, 15) is 8.42 Å². The molecule has 2 rings (SSSR count). The largest absolute Gasteiger partial charge is 0.315 e. The Balaban J connectivity index is 1.92. The lowest BCUT2D eigenvalue weighted by Crippen LogP contribution is -2.55. The lowest BCUT2D eigenvalue weighted by molar-refractivity contribution is 0.238. The topological polar surface area (TPSA) is 61.4 Å². The Bertz CT molecular complexity index is 368. The molecule has 5 nitrogen and oxygen atoms in total. The molecular weight excluding hydrogens is 262 g/mol. The van der Waals surface area contributed by atoms with Gasteiger partial charge in [0, 0.05) is 25.2 Å². The van der Waals surface area contributed by atoms with Gasteiger partial charge in [0.25, 0.3) is 10.2 Å². The van der Waals surface area contributed by atoms with Crippen molar-refractivity contribution >= 4 is 10.2 Å². The molecule has 1 aliphatic carbocycles. The van der Waals surface area contributed by atoms with Crippen LogP contribution < -0.4 is 10.0 Å². The Hall–Kier alpha value is -0.170. The van der Waals surface area contributed by atoms with E-state index < -0.39 is 10.2 Å². The second-order valence-corrected chi connectivity index (χ2v) is 7.37. The third-order valence-corrected chi connectivity index (χ3v) is 5.84. The van der Waals surface area contributed by atoms with Gasteiger partial charge >= 0.3 is 0 Å². The second-order valence-electron chi connectivity index (χ2n) is 5.72. The van der Waals surface area contributed by atoms with Gasteiger partial charge in [-0.2, -0.15) is 17.4 Å². The van der Waals surface area contributed by atoms with Crippen LogP contribution in [0.15, 0.2) is 0 Å². The summed E-state index contributed by atoms with van der Waals surface area (Å²) in [6.07, 6.45) is 7.30. The van der Waals surface area contributed by atoms with Crippen LogP contribution in [0.4, 0.5) is 0 Å². The molecule has 0 radical (unpaired) electrons. The minimum absolute atomic E-state index is 0.123. The summed E-state index contributed by atoms with van der Waals surface area (Å²) in [6.45, 7) is 4.53. The number of piperidine rings is 1. The molecule has 0 aromatic heterocycles. The van der Waals surface area contributed by atoms with Gasteiger partial charge in [-0.05, 0) is 38.6 Å². The van der Waals surface area contributed by atoms with Gasteiger partial charge in [0.1, 0.15) is 0 Å². The maximum Gasteiger partial charge on any atom is 0.279 e. The molecular formula is C13H27N3O2S. The molecule has 0 spiro atoms. The normalized spacial score (nSPS) is 26.3. The number of hydrogen-bond donors (Lipinski definition) is 2. The number of nitrogens with one attached hydrogen (secondary N) is 2. The highest BCUT2D eigenvalue weighted by molar-refractivity contribution is 7.87. The number of nitrogens with zero attached hydrogens (tertiary/aromatic N) is 1. The van der Waals surface area contributed by atoms with E-state index in [2.05, 4.69) is 17.0 Å². The van der Waals surface area contributed by atoms with Gasteiger partial charge < -0.3 is 5.32 Å². The van der Waals surface area contributed by atoms with Crippen molar-refractivity contribution in [3.63, 3.8) is 0 Å². The minimum Gasteiger partial charge on any atom is -0.315 e. The van der Waals surface area contributed by atoms with Crippen LogP contribution in [0.1, 0.15) is 51.9 Å². The summed E-state index contributed by atoms with van der Waals surface area (Å²) in [6, 6.07) is 0.300. The van der Waals surface area contributed by atoms with Crippen LogP contribution in [0.2, 0.25) is 0 Å². The molecule has 0 aromatic rings. The Morgan fingerprint density at radius 1 is 1.16 bits per heavy atom. The van der Waals surface area contributed by atoms with Gasteiger partial charge in [0.05, 0.1) is 0 Å². The molecule has 2 fully saturated rings. The highest BCUT2D eigenvalue weighted by atomic mass is 32.2. The average molecular weight is 289 g/mol. The van der Waals surface area contributed by atoms with E-state index >= 15 is 0 Å². The fourth-order valence-corrected chi connectivity index (χ4v) is 4.48. The van der Waals surface area contributed by atoms with Crippen molar-refractivity contribution in [1.29, 1.82) is 0 Å². The molecule has 1 saturated heterocycles. The van der Waals surface area contributed by atoms with Crippen molar-refractivity contribution in [2.24, 2.45) is 0 Å². The predicted octanol–water partition coefficient (Wildman–Crippen LogP) is 1.23. The van der Waals surface area contributed by atoms with E-state index in [0.717, 1.165) is 58.0 Å². The maximum absolute atomic E-state index is 12.4. The van der Waals surface area contributed by atoms with Crippen molar-refractivity contribution in [3.05, 3.63) is 0 Å². The molecule has 1 saturated carbocycles. The standard InChI is InChI=1S/C13H27N3O2S/c1-2-9-14-11-13-8-3-4-10-16(13)19(17,18)15-12-6-5-7-12/h12-15H,2-11H2,1H3. The first kappa shape index (κ1) is 15.2. The van der Waals surface area contributed by atoms with Crippen LogP contribution >= 0.6 is 0 Å². The molecule has 6 heteroatoms. The highest BCUT2D eigenvalue weighted by Gasteiger charge is 2.34. The average Bonchev–Trinajstić information content (AvgIpc) is 2.35. The summed E-state index contributed by atoms with van der Waals surface area (Å²) in [7, 11) is -3.29. The lowest BCUT2D eigenvalue weighted by Gasteiger charge is -2.37. The Labute approximate surface area is 117 Å². The van der Waals surface area contributed by atoms with Crippen LogP contribution in [-0.2, 0) is 10.2 Å². The summed E-state index contributed by atoms with van der Waals surface area (Å²) in [5, 5.41) is 3.35. The van der Waals surface area contributed by atoms with Crippen LogP contribution in [0.25, 0.3) is 0 Å². The van der Waals surface area contributed by atoms with Crippen molar-refractivity contribution in [3.8, 4) is 0 Å². The van der Waals surface area contributed by atoms with Crippen LogP contribution in [0, 0.1) is 0 Å². The van der Waals surface area contributed by atoms with E-state index in [-0.39, 0.29) is 12.1 Å². The number of rotatable bonds is 7. The fraction of sp³-hybridized carbons (Fsp3) is 1.00. The zero-order valence-electron chi connectivity index (χ0n) is 11.9. The Morgan fingerprint density at radius 3 is 2.58 bits per heavy atom. The Kier molecular flexibility index (Phi) is 5.62. The molecule has 0 aromatic carbocycles. The molecule has 1 atom stereocenters. The zero-order valence-corrected chi connectivity index (χ0v) is 12.7. The van der Waals surface area contributed by atoms with Gasteiger partial charge in [-0.3, -0.25) is 0 Å². The molecule has 1 aliphatic heterocycles. The summed E-state index contributed by atoms with van der Waals surface area (Å²) in [5.74, 6) is 0. The first-order valence-corrected chi connectivity index (χ1v) is 9.07. The minimum atomic E-state index is -3.29. The first-order chi connectivity index (χ1) is 9.13. The van der Waals surface area contributed by atoms with Crippen molar-refractivity contribution < 1.29 is 8.42 Å². The lowest BCUT2D eigenvalue weighted by atomic mass is 9.94. The van der Waals surface area contributed by atoms with Crippen molar-refractivity contribution in [1.82, 2.24) is 14.3 Å². The quantitative estimate of drug-likeness (QED) is 0.693. The van der Waals surface area contributed by atoms with Gasteiger partial charge in [0.15, 0.2) is 0 Å². The van der Waals surface area contributed by atoms with E-state index in [0.29, 0.717) is 6.54 Å². The summed E-state index contributed by atoms with van der Waals surface area (Å²) < 4.78 is 29.4. The van der Waals surface area contributed by atoms with Gasteiger partial charge in [-0.25, -0.2) is 0 Å². The third kappa shape index (κ3) is 4.15. The molecule has 1 heterocycles. The van der Waals surface area contributed by atoms with Gasteiger partial charge in [-0.15, -0.1) is 0 Å². The van der Waals surface area contributed by atoms with E-state index in [1.807, 2.05) is 0 Å². The SMILES string of the molecule is CCCNCC1CCCCN1S(=O)(=O)NC1CCC1. The van der Waals surface area contributed by atoms with Crippen LogP contribution in [0.5, 0.6) is 0 Å². The molecule has 0 bridgehead atoms. The van der Waals surface area contributed by atoms with E-state index in [1.54, 1.807) is 4.31 Å². The van der Waals surface area contributed by atoms with Gasteiger partial charge in [0.2, 0.25) is 0 Å². The third-order valence-electron chi connectivity index (χ3n) is 4.11. The second kappa shape index (κ2) is 7.02. The molecule has 0 amide bonds.